The lowest BCUT2D eigenvalue weighted by Crippen LogP contribution is -2.65. The molecular weight excluding hydrogens is 270 g/mol. The topological polar surface area (TPSA) is 92.3 Å². The van der Waals surface area contributed by atoms with Crippen molar-refractivity contribution in [2.75, 3.05) is 6.61 Å². The third-order valence-electron chi connectivity index (χ3n) is 3.47. The van der Waals surface area contributed by atoms with E-state index in [9.17, 15) is 9.59 Å². The Morgan fingerprint density at radius 1 is 1.40 bits per heavy atom. The summed E-state index contributed by atoms with van der Waals surface area (Å²) >= 11 is 0. The smallest absolute Gasteiger partial charge is 0.408 e. The van der Waals surface area contributed by atoms with E-state index < -0.39 is 48.5 Å². The van der Waals surface area contributed by atoms with Crippen LogP contribution in [0.1, 0.15) is 20.8 Å². The molecule has 1 N–H and O–H groups in total. The summed E-state index contributed by atoms with van der Waals surface area (Å²) in [5.41, 5.74) is 0. The van der Waals surface area contributed by atoms with Crippen LogP contribution in [0.15, 0.2) is 0 Å². The van der Waals surface area contributed by atoms with Crippen LogP contribution in [-0.4, -0.2) is 55.1 Å². The molecule has 8 heteroatoms. The van der Waals surface area contributed by atoms with Gasteiger partial charge in [-0.1, -0.05) is 0 Å². The number of hydrogen-bond acceptors (Lipinski definition) is 7. The molecule has 0 aliphatic carbocycles. The van der Waals surface area contributed by atoms with Gasteiger partial charge in [-0.05, 0) is 13.8 Å². The second-order valence-electron chi connectivity index (χ2n) is 5.49. The molecule has 5 atom stereocenters. The van der Waals surface area contributed by atoms with Crippen LogP contribution in [-0.2, 0) is 28.5 Å². The molecule has 1 amide bonds. The van der Waals surface area contributed by atoms with Crippen LogP contribution in [0.3, 0.4) is 0 Å². The van der Waals surface area contributed by atoms with Gasteiger partial charge in [-0.15, -0.1) is 0 Å². The first kappa shape index (κ1) is 13.6. The van der Waals surface area contributed by atoms with Crippen molar-refractivity contribution in [1.82, 2.24) is 5.32 Å². The van der Waals surface area contributed by atoms with Crippen molar-refractivity contribution in [3.63, 3.8) is 0 Å². The van der Waals surface area contributed by atoms with Gasteiger partial charge in [0.2, 0.25) is 6.29 Å². The average Bonchev–Trinajstić information content (AvgIpc) is 2.71. The van der Waals surface area contributed by atoms with Crippen LogP contribution in [0.4, 0.5) is 4.79 Å². The Balaban J connectivity index is 1.83. The van der Waals surface area contributed by atoms with E-state index in [1.54, 1.807) is 13.8 Å². The maximum atomic E-state index is 11.5. The number of carbonyl (C=O) groups excluding carboxylic acids is 2. The van der Waals surface area contributed by atoms with Crippen molar-refractivity contribution in [2.45, 2.75) is 57.2 Å². The summed E-state index contributed by atoms with van der Waals surface area (Å²) in [5, 5.41) is 2.59. The van der Waals surface area contributed by atoms with Gasteiger partial charge in [0.05, 0.1) is 6.61 Å². The number of hydrogen-bond donors (Lipinski definition) is 1. The van der Waals surface area contributed by atoms with Gasteiger partial charge in [0.1, 0.15) is 18.2 Å². The van der Waals surface area contributed by atoms with E-state index in [2.05, 4.69) is 5.32 Å². The summed E-state index contributed by atoms with van der Waals surface area (Å²) < 4.78 is 27.3. The number of fused-ring (bicyclic) bond motifs is 3. The number of amides is 1. The quantitative estimate of drug-likeness (QED) is 0.673. The van der Waals surface area contributed by atoms with Crippen LogP contribution >= 0.6 is 0 Å². The third-order valence-corrected chi connectivity index (χ3v) is 3.47. The molecule has 0 aromatic carbocycles. The Labute approximate surface area is 115 Å². The Hall–Kier alpha value is -1.38. The van der Waals surface area contributed by atoms with Gasteiger partial charge in [-0.3, -0.25) is 4.79 Å². The van der Waals surface area contributed by atoms with Crippen LogP contribution in [0.25, 0.3) is 0 Å². The summed E-state index contributed by atoms with van der Waals surface area (Å²) in [4.78, 5) is 22.6. The molecule has 0 saturated carbocycles. The van der Waals surface area contributed by atoms with E-state index in [-0.39, 0.29) is 6.61 Å². The number of rotatable bonds is 1. The zero-order valence-corrected chi connectivity index (χ0v) is 11.5. The third kappa shape index (κ3) is 2.34. The van der Waals surface area contributed by atoms with E-state index in [1.165, 1.54) is 6.92 Å². The SMILES string of the molecule is CC(=O)O[C@H]1O[C@@H]2COC(C)(C)O[C@H]2[C@@H]2OC(=O)N[C@H]12. The first-order chi connectivity index (χ1) is 9.35. The van der Waals surface area contributed by atoms with Crippen molar-refractivity contribution < 1.29 is 33.3 Å². The zero-order valence-electron chi connectivity index (χ0n) is 11.5. The van der Waals surface area contributed by atoms with Gasteiger partial charge < -0.3 is 29.0 Å². The molecule has 0 aromatic rings. The van der Waals surface area contributed by atoms with E-state index in [1.807, 2.05) is 0 Å². The monoisotopic (exact) mass is 287 g/mol. The minimum Gasteiger partial charge on any atom is -0.441 e. The number of nitrogens with one attached hydrogen (secondary N) is 1. The molecule has 8 nitrogen and oxygen atoms in total. The summed E-state index contributed by atoms with van der Waals surface area (Å²) in [6.45, 7) is 5.11. The predicted molar refractivity (Wildman–Crippen MR) is 62.5 cm³/mol. The minimum atomic E-state index is -0.904. The molecule has 3 saturated heterocycles. The fourth-order valence-corrected chi connectivity index (χ4v) is 2.68. The van der Waals surface area contributed by atoms with Crippen molar-refractivity contribution in [1.29, 1.82) is 0 Å². The highest BCUT2D eigenvalue weighted by atomic mass is 16.8. The molecule has 0 aromatic heterocycles. The van der Waals surface area contributed by atoms with E-state index in [4.69, 9.17) is 23.7 Å². The lowest BCUT2D eigenvalue weighted by Gasteiger charge is -2.47. The lowest BCUT2D eigenvalue weighted by molar-refractivity contribution is -0.359. The minimum absolute atomic E-state index is 0.274. The highest BCUT2D eigenvalue weighted by Crippen LogP contribution is 2.35. The molecule has 112 valence electrons. The second kappa shape index (κ2) is 4.57. The van der Waals surface area contributed by atoms with E-state index >= 15 is 0 Å². The van der Waals surface area contributed by atoms with Crippen molar-refractivity contribution in [2.24, 2.45) is 0 Å². The molecule has 0 unspecified atom stereocenters. The summed E-state index contributed by atoms with van der Waals surface area (Å²) in [5.74, 6) is -1.27. The van der Waals surface area contributed by atoms with Crippen molar-refractivity contribution in [3.8, 4) is 0 Å². The molecule has 3 aliphatic heterocycles. The van der Waals surface area contributed by atoms with Gasteiger partial charge in [0.15, 0.2) is 11.9 Å². The largest absolute Gasteiger partial charge is 0.441 e. The van der Waals surface area contributed by atoms with Crippen LogP contribution < -0.4 is 5.32 Å². The fourth-order valence-electron chi connectivity index (χ4n) is 2.68. The Kier molecular flexibility index (Phi) is 3.11. The Morgan fingerprint density at radius 2 is 2.15 bits per heavy atom. The van der Waals surface area contributed by atoms with Crippen LogP contribution in [0.2, 0.25) is 0 Å². The van der Waals surface area contributed by atoms with Crippen LogP contribution in [0.5, 0.6) is 0 Å². The average molecular weight is 287 g/mol. The number of alkyl carbamates (subject to hydrolysis) is 1. The second-order valence-corrected chi connectivity index (χ2v) is 5.49. The van der Waals surface area contributed by atoms with Crippen molar-refractivity contribution in [3.05, 3.63) is 0 Å². The van der Waals surface area contributed by atoms with Crippen LogP contribution in [0, 0.1) is 0 Å². The summed E-state index contributed by atoms with van der Waals surface area (Å²) in [6.07, 6.45) is -2.97. The number of esters is 1. The molecule has 3 aliphatic rings. The standard InChI is InChI=1S/C12H17NO7/c1-5(14)17-10-7-9(19-11(15)13-7)8-6(18-10)4-16-12(2,3)20-8/h6-10H,4H2,1-3H3,(H,13,15)/t6-,7+,8-,9-,10+/m1/s1. The van der Waals surface area contributed by atoms with Gasteiger partial charge in [-0.2, -0.15) is 0 Å². The summed E-state index contributed by atoms with van der Waals surface area (Å²) in [7, 11) is 0. The number of ether oxygens (including phenoxy) is 5. The lowest BCUT2D eigenvalue weighted by atomic mass is 9.96. The van der Waals surface area contributed by atoms with Gasteiger partial charge in [-0.25, -0.2) is 4.79 Å². The van der Waals surface area contributed by atoms with Crippen molar-refractivity contribution >= 4 is 12.1 Å². The maximum Gasteiger partial charge on any atom is 0.408 e. The molecule has 3 fully saturated rings. The highest BCUT2D eigenvalue weighted by molar-refractivity contribution is 5.71. The number of carbonyl (C=O) groups is 2. The Bertz CT molecular complexity index is 438. The molecule has 0 radical (unpaired) electrons. The van der Waals surface area contributed by atoms with E-state index in [0.29, 0.717) is 0 Å². The molecule has 3 heterocycles. The summed E-state index contributed by atoms with van der Waals surface area (Å²) in [6, 6.07) is -0.582. The van der Waals surface area contributed by atoms with Gasteiger partial charge >= 0.3 is 12.1 Å². The zero-order chi connectivity index (χ0) is 14.5. The molecular formula is C12H17NO7. The van der Waals surface area contributed by atoms with E-state index in [0.717, 1.165) is 0 Å². The Morgan fingerprint density at radius 3 is 2.85 bits per heavy atom. The molecule has 20 heavy (non-hydrogen) atoms. The molecule has 0 spiro atoms. The molecule has 0 bridgehead atoms. The first-order valence-corrected chi connectivity index (χ1v) is 6.47. The highest BCUT2D eigenvalue weighted by Gasteiger charge is 2.57. The van der Waals surface area contributed by atoms with Gasteiger partial charge in [0.25, 0.3) is 0 Å². The predicted octanol–water partition coefficient (Wildman–Crippen LogP) is -0.0971. The molecule has 3 rings (SSSR count). The normalized spacial score (nSPS) is 42.0. The first-order valence-electron chi connectivity index (χ1n) is 6.47. The fraction of sp³-hybridized carbons (Fsp3) is 0.833. The maximum absolute atomic E-state index is 11.5. The van der Waals surface area contributed by atoms with Gasteiger partial charge in [0, 0.05) is 6.92 Å².